The third kappa shape index (κ3) is 5.12. The first-order chi connectivity index (χ1) is 15.7. The van der Waals surface area contributed by atoms with Gasteiger partial charge in [-0.05, 0) is 48.5 Å². The van der Waals surface area contributed by atoms with Gasteiger partial charge in [0.2, 0.25) is 11.8 Å². The van der Waals surface area contributed by atoms with E-state index in [-0.39, 0.29) is 10.7 Å². The van der Waals surface area contributed by atoms with Gasteiger partial charge in [0.15, 0.2) is 0 Å². The highest BCUT2D eigenvalue weighted by Gasteiger charge is 2.31. The maximum Gasteiger partial charge on any atom is 0.416 e. The van der Waals surface area contributed by atoms with Gasteiger partial charge >= 0.3 is 6.18 Å². The van der Waals surface area contributed by atoms with Gasteiger partial charge in [-0.3, -0.25) is 19.7 Å². The van der Waals surface area contributed by atoms with Gasteiger partial charge in [0.05, 0.1) is 21.8 Å². The molecule has 0 saturated carbocycles. The predicted octanol–water partition coefficient (Wildman–Crippen LogP) is 5.26. The van der Waals surface area contributed by atoms with Crippen molar-refractivity contribution in [3.63, 3.8) is 0 Å². The van der Waals surface area contributed by atoms with Crippen molar-refractivity contribution in [1.82, 2.24) is 15.2 Å². The third-order valence-electron chi connectivity index (χ3n) is 4.67. The van der Waals surface area contributed by atoms with E-state index in [2.05, 4.69) is 25.8 Å². The molecule has 0 unspecified atom stereocenters. The van der Waals surface area contributed by atoms with Crippen LogP contribution in [0.15, 0.2) is 60.9 Å². The molecule has 0 fully saturated rings. The van der Waals surface area contributed by atoms with Gasteiger partial charge in [-0.25, -0.2) is 0 Å². The van der Waals surface area contributed by atoms with Gasteiger partial charge in [0.25, 0.3) is 0 Å². The van der Waals surface area contributed by atoms with E-state index in [1.807, 2.05) is 6.07 Å². The predicted molar refractivity (Wildman–Crippen MR) is 118 cm³/mol. The Balaban J connectivity index is 1.42. The molecular weight excluding hydrogens is 459 g/mol. The molecule has 0 aliphatic carbocycles. The van der Waals surface area contributed by atoms with Gasteiger partial charge in [0, 0.05) is 29.0 Å². The Morgan fingerprint density at radius 1 is 1.03 bits per heavy atom. The highest BCUT2D eigenvalue weighted by atomic mass is 35.5. The largest absolute Gasteiger partial charge is 0.416 e. The Kier molecular flexibility index (Phi) is 6.01. The van der Waals surface area contributed by atoms with E-state index in [1.165, 1.54) is 0 Å². The molecule has 4 rings (SSSR count). The highest BCUT2D eigenvalue weighted by molar-refractivity contribution is 6.33. The Labute approximate surface area is 190 Å². The molecule has 0 spiro atoms. The number of hydrogen-bond acceptors (Lipinski definition) is 4. The molecule has 4 aromatic rings. The summed E-state index contributed by atoms with van der Waals surface area (Å²) in [4.78, 5) is 28.5. The van der Waals surface area contributed by atoms with Crippen molar-refractivity contribution >= 4 is 45.7 Å². The van der Waals surface area contributed by atoms with E-state index >= 15 is 0 Å². The number of nitrogens with one attached hydrogen (secondary N) is 3. The average Bonchev–Trinajstić information content (AvgIpc) is 3.18. The zero-order valence-corrected chi connectivity index (χ0v) is 17.5. The summed E-state index contributed by atoms with van der Waals surface area (Å²) in [6.07, 6.45) is -1.87. The van der Waals surface area contributed by atoms with Crippen molar-refractivity contribution < 1.29 is 22.8 Å². The summed E-state index contributed by atoms with van der Waals surface area (Å²) < 4.78 is 38.6. The number of rotatable bonds is 5. The number of H-pyrrole nitrogens is 1. The van der Waals surface area contributed by atoms with Crippen molar-refractivity contribution in [1.29, 1.82) is 0 Å². The number of amides is 2. The minimum atomic E-state index is -4.59. The maximum atomic E-state index is 12.9. The van der Waals surface area contributed by atoms with Crippen molar-refractivity contribution in [2.75, 3.05) is 10.6 Å². The first kappa shape index (κ1) is 22.3. The van der Waals surface area contributed by atoms with Gasteiger partial charge in [0.1, 0.15) is 12.1 Å². The van der Waals surface area contributed by atoms with Gasteiger partial charge in [-0.1, -0.05) is 11.6 Å². The molecule has 33 heavy (non-hydrogen) atoms. The molecule has 2 aromatic heterocycles. The van der Waals surface area contributed by atoms with Crippen LogP contribution in [0.3, 0.4) is 0 Å². The van der Waals surface area contributed by atoms with Crippen LogP contribution in [0.2, 0.25) is 5.02 Å². The van der Waals surface area contributed by atoms with Crippen LogP contribution in [0, 0.1) is 0 Å². The molecule has 2 aromatic carbocycles. The molecule has 168 valence electrons. The highest BCUT2D eigenvalue weighted by Crippen LogP contribution is 2.34. The molecule has 2 amide bonds. The first-order valence-corrected chi connectivity index (χ1v) is 9.93. The number of nitrogens with zero attached hydrogens (tertiary/aromatic N) is 2. The van der Waals surface area contributed by atoms with Crippen LogP contribution < -0.4 is 10.6 Å². The van der Waals surface area contributed by atoms with Crippen LogP contribution in [-0.2, 0) is 15.8 Å². The lowest BCUT2D eigenvalue weighted by Gasteiger charge is -2.12. The van der Waals surface area contributed by atoms with Crippen LogP contribution in [0.5, 0.6) is 0 Å². The average molecular weight is 474 g/mol. The Hall–Kier alpha value is -3.92. The zero-order valence-electron chi connectivity index (χ0n) is 16.7. The molecule has 0 radical (unpaired) electrons. The van der Waals surface area contributed by atoms with Crippen LogP contribution in [0.25, 0.3) is 22.2 Å². The van der Waals surface area contributed by atoms with Crippen molar-refractivity contribution in [3.05, 3.63) is 71.5 Å². The lowest BCUT2D eigenvalue weighted by atomic mass is 10.1. The normalized spacial score (nSPS) is 11.4. The summed E-state index contributed by atoms with van der Waals surface area (Å²) >= 11 is 5.86. The van der Waals surface area contributed by atoms with Gasteiger partial charge < -0.3 is 10.6 Å². The number of carbonyl (C=O) groups excluding carboxylic acids is 2. The lowest BCUT2D eigenvalue weighted by molar-refractivity contribution is -0.137. The number of anilines is 2. The second-order valence-electron chi connectivity index (χ2n) is 7.04. The molecule has 0 aliphatic heterocycles. The number of pyridine rings is 1. The van der Waals surface area contributed by atoms with Gasteiger partial charge in [-0.2, -0.15) is 18.3 Å². The smallest absolute Gasteiger partial charge is 0.326 e. The van der Waals surface area contributed by atoms with Gasteiger partial charge in [-0.15, -0.1) is 0 Å². The van der Waals surface area contributed by atoms with Crippen LogP contribution in [0.4, 0.5) is 24.5 Å². The Morgan fingerprint density at radius 2 is 1.82 bits per heavy atom. The number of benzene rings is 2. The van der Waals surface area contributed by atoms with Crippen molar-refractivity contribution in [2.24, 2.45) is 0 Å². The summed E-state index contributed by atoms with van der Waals surface area (Å²) in [6, 6.07) is 11.3. The van der Waals surface area contributed by atoms with E-state index in [0.717, 1.165) is 23.1 Å². The molecular formula is C22H15ClF3N5O2. The van der Waals surface area contributed by atoms with E-state index < -0.39 is 30.0 Å². The van der Waals surface area contributed by atoms with E-state index in [9.17, 15) is 22.8 Å². The summed E-state index contributed by atoms with van der Waals surface area (Å²) in [5, 5.41) is 12.7. The molecule has 7 nitrogen and oxygen atoms in total. The zero-order chi connectivity index (χ0) is 23.6. The summed E-state index contributed by atoms with van der Waals surface area (Å²) in [5.74, 6) is -1.46. The Morgan fingerprint density at radius 3 is 2.55 bits per heavy atom. The number of aromatic amines is 1. The number of hydrogen-bond donors (Lipinski definition) is 3. The van der Waals surface area contributed by atoms with E-state index in [0.29, 0.717) is 23.0 Å². The number of carbonyl (C=O) groups is 2. The third-order valence-corrected chi connectivity index (χ3v) is 5.00. The summed E-state index contributed by atoms with van der Waals surface area (Å²) in [7, 11) is 0. The second-order valence-corrected chi connectivity index (χ2v) is 7.45. The summed E-state index contributed by atoms with van der Waals surface area (Å²) in [6.45, 7) is 0. The second kappa shape index (κ2) is 8.91. The van der Waals surface area contributed by atoms with E-state index in [4.69, 9.17) is 11.6 Å². The van der Waals surface area contributed by atoms with Crippen LogP contribution in [0.1, 0.15) is 12.0 Å². The van der Waals surface area contributed by atoms with E-state index in [1.54, 1.807) is 36.7 Å². The SMILES string of the molecule is O=C(CC(=O)Nc1cc(C(F)(F)F)ccc1Cl)Nc1ccc2c(-c3cccnc3)n[nH]c2c1. The number of aromatic nitrogens is 3. The fourth-order valence-corrected chi connectivity index (χ4v) is 3.33. The molecule has 0 bridgehead atoms. The topological polar surface area (TPSA) is 99.8 Å². The first-order valence-electron chi connectivity index (χ1n) is 9.55. The lowest BCUT2D eigenvalue weighted by Crippen LogP contribution is -2.21. The van der Waals surface area contributed by atoms with Crippen molar-refractivity contribution in [3.8, 4) is 11.3 Å². The molecule has 3 N–H and O–H groups in total. The number of fused-ring (bicyclic) bond motifs is 1. The maximum absolute atomic E-state index is 12.9. The van der Waals surface area contributed by atoms with Crippen LogP contribution >= 0.6 is 11.6 Å². The number of halogens is 4. The Bertz CT molecular complexity index is 1340. The minimum Gasteiger partial charge on any atom is -0.326 e. The molecule has 0 atom stereocenters. The minimum absolute atomic E-state index is 0.0779. The monoisotopic (exact) mass is 473 g/mol. The summed E-state index contributed by atoms with van der Waals surface area (Å²) in [5.41, 5.74) is 1.40. The van der Waals surface area contributed by atoms with Crippen LogP contribution in [-0.4, -0.2) is 27.0 Å². The van der Waals surface area contributed by atoms with Crippen molar-refractivity contribution in [2.45, 2.75) is 12.6 Å². The molecule has 0 aliphatic rings. The fourth-order valence-electron chi connectivity index (χ4n) is 3.16. The quantitative estimate of drug-likeness (QED) is 0.344. The number of alkyl halides is 3. The molecule has 0 saturated heterocycles. The molecule has 11 heteroatoms. The fraction of sp³-hybridized carbons (Fsp3) is 0.0909. The standard InChI is InChI=1S/C22H15ClF3N5O2/c23-16-6-3-13(22(24,25)26)8-18(16)29-20(33)10-19(32)28-14-4-5-15-17(9-14)30-31-21(15)12-2-1-7-27-11-12/h1-9,11H,10H2,(H,28,32)(H,29,33)(H,30,31). The molecule has 2 heterocycles.